The van der Waals surface area contributed by atoms with Crippen molar-refractivity contribution in [2.75, 3.05) is 4.72 Å². The van der Waals surface area contributed by atoms with Crippen molar-refractivity contribution in [3.05, 3.63) is 53.1 Å². The topological polar surface area (TPSA) is 90.2 Å². The van der Waals surface area contributed by atoms with E-state index in [2.05, 4.69) is 4.72 Å². The van der Waals surface area contributed by atoms with Crippen LogP contribution in [-0.2, 0) is 10.0 Å². The summed E-state index contributed by atoms with van der Waals surface area (Å²) in [5.74, 6) is 0.0677. The fraction of sp³-hybridized carbons (Fsp3) is 0.133. The van der Waals surface area contributed by atoms with Crippen LogP contribution in [-0.4, -0.2) is 13.5 Å². The van der Waals surface area contributed by atoms with Crippen LogP contribution >= 0.6 is 0 Å². The Hall–Kier alpha value is -2.52. The van der Waals surface area contributed by atoms with Gasteiger partial charge in [-0.3, -0.25) is 4.72 Å². The standard InChI is InChI=1S/C15H14N2O3S/c1-10-3-4-12(9-16)8-15(10)21(19,20)17-14-6-5-13(18)7-11(14)2/h3-8,17-18H,1-2H3. The predicted octanol–water partition coefficient (Wildman–Crippen LogP) is 2.68. The third-order valence-electron chi connectivity index (χ3n) is 3.06. The molecule has 0 unspecified atom stereocenters. The highest BCUT2D eigenvalue weighted by molar-refractivity contribution is 7.92. The van der Waals surface area contributed by atoms with Gasteiger partial charge in [-0.05, 0) is 55.3 Å². The van der Waals surface area contributed by atoms with Crippen molar-refractivity contribution in [2.45, 2.75) is 18.7 Å². The van der Waals surface area contributed by atoms with Crippen LogP contribution in [0.1, 0.15) is 16.7 Å². The largest absolute Gasteiger partial charge is 0.508 e. The number of phenolic OH excluding ortho intramolecular Hbond substituents is 1. The minimum atomic E-state index is -3.79. The summed E-state index contributed by atoms with van der Waals surface area (Å²) < 4.78 is 27.4. The zero-order valence-electron chi connectivity index (χ0n) is 11.6. The molecule has 0 bridgehead atoms. The quantitative estimate of drug-likeness (QED) is 0.853. The molecule has 0 aliphatic carbocycles. The molecule has 0 radical (unpaired) electrons. The van der Waals surface area contributed by atoms with Crippen molar-refractivity contribution in [3.63, 3.8) is 0 Å². The Balaban J connectivity index is 2.46. The Bertz CT molecular complexity index is 836. The fourth-order valence-corrected chi connectivity index (χ4v) is 3.32. The molecule has 0 aliphatic rings. The molecule has 0 saturated heterocycles. The molecule has 21 heavy (non-hydrogen) atoms. The third-order valence-corrected chi connectivity index (χ3v) is 4.57. The Morgan fingerprint density at radius 2 is 1.81 bits per heavy atom. The van der Waals surface area contributed by atoms with Gasteiger partial charge < -0.3 is 5.11 Å². The minimum Gasteiger partial charge on any atom is -0.508 e. The van der Waals surface area contributed by atoms with Crippen LogP contribution in [0.15, 0.2) is 41.3 Å². The molecular formula is C15H14N2O3S. The van der Waals surface area contributed by atoms with Gasteiger partial charge in [0.05, 0.1) is 22.2 Å². The molecule has 0 spiro atoms. The zero-order valence-corrected chi connectivity index (χ0v) is 12.4. The van der Waals surface area contributed by atoms with E-state index in [1.165, 1.54) is 24.3 Å². The molecule has 2 aromatic carbocycles. The number of nitrogens with zero attached hydrogens (tertiary/aromatic N) is 1. The van der Waals surface area contributed by atoms with Gasteiger partial charge in [-0.2, -0.15) is 5.26 Å². The SMILES string of the molecule is Cc1cc(O)ccc1NS(=O)(=O)c1cc(C#N)ccc1C. The predicted molar refractivity (Wildman–Crippen MR) is 79.5 cm³/mol. The van der Waals surface area contributed by atoms with E-state index >= 15 is 0 Å². The highest BCUT2D eigenvalue weighted by atomic mass is 32.2. The number of benzene rings is 2. The number of nitriles is 1. The average Bonchev–Trinajstić information content (AvgIpc) is 2.42. The number of aryl methyl sites for hydroxylation is 2. The monoisotopic (exact) mass is 302 g/mol. The van der Waals surface area contributed by atoms with Crippen LogP contribution in [0.3, 0.4) is 0 Å². The van der Waals surface area contributed by atoms with E-state index in [0.717, 1.165) is 0 Å². The van der Waals surface area contributed by atoms with Gasteiger partial charge in [-0.1, -0.05) is 6.07 Å². The number of rotatable bonds is 3. The zero-order chi connectivity index (χ0) is 15.6. The summed E-state index contributed by atoms with van der Waals surface area (Å²) in [6.45, 7) is 3.36. The maximum Gasteiger partial charge on any atom is 0.262 e. The van der Waals surface area contributed by atoms with Crippen LogP contribution in [0.25, 0.3) is 0 Å². The Morgan fingerprint density at radius 3 is 2.43 bits per heavy atom. The summed E-state index contributed by atoms with van der Waals surface area (Å²) in [7, 11) is -3.79. The lowest BCUT2D eigenvalue weighted by Gasteiger charge is -2.12. The van der Waals surface area contributed by atoms with Crippen LogP contribution in [0.2, 0.25) is 0 Å². The number of phenols is 1. The van der Waals surface area contributed by atoms with Crippen molar-refractivity contribution in [1.29, 1.82) is 5.26 Å². The van der Waals surface area contributed by atoms with Gasteiger partial charge in [-0.25, -0.2) is 8.42 Å². The van der Waals surface area contributed by atoms with Crippen LogP contribution < -0.4 is 4.72 Å². The van der Waals surface area contributed by atoms with Crippen LogP contribution in [0.4, 0.5) is 5.69 Å². The van der Waals surface area contributed by atoms with E-state index in [1.807, 2.05) is 6.07 Å². The van der Waals surface area contributed by atoms with Gasteiger partial charge in [0, 0.05) is 0 Å². The summed E-state index contributed by atoms with van der Waals surface area (Å²) in [6.07, 6.45) is 0. The third kappa shape index (κ3) is 3.15. The van der Waals surface area contributed by atoms with Gasteiger partial charge in [0.1, 0.15) is 5.75 Å². The minimum absolute atomic E-state index is 0.0639. The van der Waals surface area contributed by atoms with E-state index in [0.29, 0.717) is 16.8 Å². The maximum atomic E-state index is 12.4. The van der Waals surface area contributed by atoms with Crippen LogP contribution in [0, 0.1) is 25.2 Å². The van der Waals surface area contributed by atoms with Crippen molar-refractivity contribution < 1.29 is 13.5 Å². The van der Waals surface area contributed by atoms with Gasteiger partial charge >= 0.3 is 0 Å². The second-order valence-electron chi connectivity index (χ2n) is 4.70. The maximum absolute atomic E-state index is 12.4. The lowest BCUT2D eigenvalue weighted by molar-refractivity contribution is 0.475. The number of sulfonamides is 1. The normalized spacial score (nSPS) is 10.9. The van der Waals surface area contributed by atoms with E-state index in [1.54, 1.807) is 26.0 Å². The lowest BCUT2D eigenvalue weighted by Crippen LogP contribution is -2.15. The molecule has 0 heterocycles. The van der Waals surface area contributed by atoms with E-state index < -0.39 is 10.0 Å². The lowest BCUT2D eigenvalue weighted by atomic mass is 10.2. The number of aromatic hydroxyl groups is 1. The number of hydrogen-bond donors (Lipinski definition) is 2. The molecule has 108 valence electrons. The summed E-state index contributed by atoms with van der Waals surface area (Å²) in [5.41, 5.74) is 1.82. The Labute approximate surface area is 123 Å². The van der Waals surface area contributed by atoms with Crippen LogP contribution in [0.5, 0.6) is 5.75 Å². The summed E-state index contributed by atoms with van der Waals surface area (Å²) in [4.78, 5) is 0.0639. The highest BCUT2D eigenvalue weighted by Crippen LogP contribution is 2.25. The van der Waals surface area contributed by atoms with Crippen molar-refractivity contribution in [1.82, 2.24) is 0 Å². The Morgan fingerprint density at radius 1 is 1.10 bits per heavy atom. The molecule has 0 aliphatic heterocycles. The van der Waals surface area contributed by atoms with Gasteiger partial charge in [-0.15, -0.1) is 0 Å². The average molecular weight is 302 g/mol. The van der Waals surface area contributed by atoms with Gasteiger partial charge in [0.2, 0.25) is 0 Å². The summed E-state index contributed by atoms with van der Waals surface area (Å²) in [6, 6.07) is 10.8. The first-order valence-corrected chi connectivity index (χ1v) is 7.65. The van der Waals surface area contributed by atoms with Gasteiger partial charge in [0.25, 0.3) is 10.0 Å². The van der Waals surface area contributed by atoms with Crippen molar-refractivity contribution in [3.8, 4) is 11.8 Å². The van der Waals surface area contributed by atoms with Crippen molar-refractivity contribution >= 4 is 15.7 Å². The van der Waals surface area contributed by atoms with Crippen molar-refractivity contribution in [2.24, 2.45) is 0 Å². The molecule has 5 nitrogen and oxygen atoms in total. The number of nitrogens with one attached hydrogen (secondary N) is 1. The second kappa shape index (κ2) is 5.46. The van der Waals surface area contributed by atoms with E-state index in [9.17, 15) is 13.5 Å². The molecular weight excluding hydrogens is 288 g/mol. The number of anilines is 1. The highest BCUT2D eigenvalue weighted by Gasteiger charge is 2.18. The molecule has 0 amide bonds. The second-order valence-corrected chi connectivity index (χ2v) is 6.35. The van der Waals surface area contributed by atoms with E-state index in [-0.39, 0.29) is 16.2 Å². The first-order chi connectivity index (χ1) is 9.83. The molecule has 0 aromatic heterocycles. The smallest absolute Gasteiger partial charge is 0.262 e. The number of hydrogen-bond acceptors (Lipinski definition) is 4. The molecule has 2 aromatic rings. The molecule has 0 saturated carbocycles. The molecule has 2 N–H and O–H groups in total. The summed E-state index contributed by atoms with van der Waals surface area (Å²) >= 11 is 0. The first-order valence-electron chi connectivity index (χ1n) is 6.16. The fourth-order valence-electron chi connectivity index (χ4n) is 1.92. The molecule has 6 heteroatoms. The molecule has 0 fully saturated rings. The molecule has 0 atom stereocenters. The Kier molecular flexibility index (Phi) is 3.87. The molecule has 2 rings (SSSR count). The summed E-state index contributed by atoms with van der Waals surface area (Å²) in [5, 5.41) is 18.2. The van der Waals surface area contributed by atoms with Gasteiger partial charge in [0.15, 0.2) is 0 Å². The van der Waals surface area contributed by atoms with E-state index in [4.69, 9.17) is 5.26 Å². The first kappa shape index (κ1) is 14.9.